The largest absolute Gasteiger partial charge is 0.494 e. The van der Waals surface area contributed by atoms with Gasteiger partial charge in [-0.05, 0) is 56.5 Å². The summed E-state index contributed by atoms with van der Waals surface area (Å²) in [5.74, 6) is 0.499. The molecule has 0 bridgehead atoms. The van der Waals surface area contributed by atoms with E-state index in [2.05, 4.69) is 16.0 Å². The van der Waals surface area contributed by atoms with E-state index in [9.17, 15) is 9.59 Å². The van der Waals surface area contributed by atoms with Crippen LogP contribution in [0.15, 0.2) is 36.4 Å². The van der Waals surface area contributed by atoms with Crippen molar-refractivity contribution in [2.75, 3.05) is 18.5 Å². The SMILES string of the molecule is CCOc1cccc(CNC(=O)NCC(=O)Nc2c(C)cc(C)cc2C)c1. The van der Waals surface area contributed by atoms with Gasteiger partial charge in [0, 0.05) is 12.2 Å². The summed E-state index contributed by atoms with van der Waals surface area (Å²) < 4.78 is 5.43. The zero-order valence-electron chi connectivity index (χ0n) is 16.3. The first-order valence-electron chi connectivity index (χ1n) is 9.00. The van der Waals surface area contributed by atoms with Crippen molar-refractivity contribution in [3.63, 3.8) is 0 Å². The molecule has 27 heavy (non-hydrogen) atoms. The number of rotatable bonds is 7. The highest BCUT2D eigenvalue weighted by Crippen LogP contribution is 2.21. The summed E-state index contributed by atoms with van der Waals surface area (Å²) in [7, 11) is 0. The molecule has 0 saturated carbocycles. The summed E-state index contributed by atoms with van der Waals surface area (Å²) in [5.41, 5.74) is 4.86. The quantitative estimate of drug-likeness (QED) is 0.699. The van der Waals surface area contributed by atoms with Gasteiger partial charge >= 0.3 is 6.03 Å². The van der Waals surface area contributed by atoms with E-state index in [1.54, 1.807) is 0 Å². The lowest BCUT2D eigenvalue weighted by Crippen LogP contribution is -2.39. The fourth-order valence-electron chi connectivity index (χ4n) is 2.88. The van der Waals surface area contributed by atoms with E-state index in [-0.39, 0.29) is 12.5 Å². The standard InChI is InChI=1S/C21H27N3O3/c1-5-27-18-8-6-7-17(11-18)12-22-21(26)23-13-19(25)24-20-15(3)9-14(2)10-16(20)4/h6-11H,5,12-13H2,1-4H3,(H,24,25)(H2,22,23,26). The number of benzene rings is 2. The molecule has 0 atom stereocenters. The number of hydrogen-bond acceptors (Lipinski definition) is 3. The maximum Gasteiger partial charge on any atom is 0.315 e. The predicted molar refractivity (Wildman–Crippen MR) is 107 cm³/mol. The van der Waals surface area contributed by atoms with Crippen molar-refractivity contribution >= 4 is 17.6 Å². The van der Waals surface area contributed by atoms with Crippen molar-refractivity contribution in [3.05, 3.63) is 58.7 Å². The molecule has 144 valence electrons. The molecule has 6 heteroatoms. The zero-order chi connectivity index (χ0) is 19.8. The third kappa shape index (κ3) is 6.33. The molecule has 0 aromatic heterocycles. The number of hydrogen-bond donors (Lipinski definition) is 3. The van der Waals surface area contributed by atoms with Gasteiger partial charge in [-0.25, -0.2) is 4.79 Å². The van der Waals surface area contributed by atoms with Crippen LogP contribution in [0.3, 0.4) is 0 Å². The monoisotopic (exact) mass is 369 g/mol. The van der Waals surface area contributed by atoms with E-state index in [4.69, 9.17) is 4.74 Å². The van der Waals surface area contributed by atoms with Gasteiger partial charge in [0.1, 0.15) is 5.75 Å². The molecule has 0 radical (unpaired) electrons. The van der Waals surface area contributed by atoms with Crippen LogP contribution in [-0.4, -0.2) is 25.1 Å². The summed E-state index contributed by atoms with van der Waals surface area (Å²) in [6.45, 7) is 8.68. The third-order valence-electron chi connectivity index (χ3n) is 4.01. The molecule has 3 amide bonds. The maximum atomic E-state index is 12.1. The Kier molecular flexibility index (Phi) is 7.23. The Balaban J connectivity index is 1.80. The van der Waals surface area contributed by atoms with Crippen molar-refractivity contribution < 1.29 is 14.3 Å². The van der Waals surface area contributed by atoms with Crippen molar-refractivity contribution in [3.8, 4) is 5.75 Å². The lowest BCUT2D eigenvalue weighted by atomic mass is 10.1. The maximum absolute atomic E-state index is 12.1. The normalized spacial score (nSPS) is 10.2. The van der Waals surface area contributed by atoms with Crippen LogP contribution in [0.5, 0.6) is 5.75 Å². The van der Waals surface area contributed by atoms with Crippen LogP contribution < -0.4 is 20.7 Å². The van der Waals surface area contributed by atoms with E-state index >= 15 is 0 Å². The van der Waals surface area contributed by atoms with Gasteiger partial charge in [-0.1, -0.05) is 29.8 Å². The molecule has 2 aromatic carbocycles. The Labute approximate surface area is 160 Å². The Morgan fingerprint density at radius 2 is 1.70 bits per heavy atom. The van der Waals surface area contributed by atoms with Gasteiger partial charge in [0.15, 0.2) is 0 Å². The minimum absolute atomic E-state index is 0.0996. The summed E-state index contributed by atoms with van der Waals surface area (Å²) >= 11 is 0. The predicted octanol–water partition coefficient (Wildman–Crippen LogP) is 3.45. The lowest BCUT2D eigenvalue weighted by molar-refractivity contribution is -0.115. The molecule has 0 unspecified atom stereocenters. The lowest BCUT2D eigenvalue weighted by Gasteiger charge is -2.13. The number of amides is 3. The molecule has 0 saturated heterocycles. The van der Waals surface area contributed by atoms with Gasteiger partial charge in [0.2, 0.25) is 5.91 Å². The highest BCUT2D eigenvalue weighted by atomic mass is 16.5. The van der Waals surface area contributed by atoms with Crippen LogP contribution in [0, 0.1) is 20.8 Å². The summed E-state index contributed by atoms with van der Waals surface area (Å²) in [4.78, 5) is 24.1. The van der Waals surface area contributed by atoms with E-state index < -0.39 is 6.03 Å². The molecule has 3 N–H and O–H groups in total. The van der Waals surface area contributed by atoms with E-state index in [0.29, 0.717) is 13.2 Å². The molecule has 6 nitrogen and oxygen atoms in total. The number of anilines is 1. The number of aryl methyl sites for hydroxylation is 3. The van der Waals surface area contributed by atoms with Gasteiger partial charge in [0.25, 0.3) is 0 Å². The number of carbonyl (C=O) groups excluding carboxylic acids is 2. The Morgan fingerprint density at radius 3 is 2.37 bits per heavy atom. The van der Waals surface area contributed by atoms with Crippen LogP contribution in [0.25, 0.3) is 0 Å². The molecular formula is C21H27N3O3. The summed E-state index contributed by atoms with van der Waals surface area (Å²) in [5, 5.41) is 8.16. The molecular weight excluding hydrogens is 342 g/mol. The van der Waals surface area contributed by atoms with Crippen LogP contribution in [0.4, 0.5) is 10.5 Å². The first-order chi connectivity index (χ1) is 12.9. The number of ether oxygens (including phenoxy) is 1. The van der Waals surface area contributed by atoms with Crippen LogP contribution in [0.2, 0.25) is 0 Å². The van der Waals surface area contributed by atoms with Crippen molar-refractivity contribution in [2.45, 2.75) is 34.2 Å². The minimum atomic E-state index is -0.399. The Hall–Kier alpha value is -3.02. The van der Waals surface area contributed by atoms with Crippen LogP contribution in [0.1, 0.15) is 29.2 Å². The van der Waals surface area contributed by atoms with E-state index in [1.165, 1.54) is 0 Å². The average molecular weight is 369 g/mol. The second kappa shape index (κ2) is 9.62. The molecule has 0 spiro atoms. The first-order valence-corrected chi connectivity index (χ1v) is 9.00. The molecule has 2 rings (SSSR count). The number of urea groups is 1. The summed E-state index contributed by atoms with van der Waals surface area (Å²) in [6, 6.07) is 11.1. The second-order valence-electron chi connectivity index (χ2n) is 6.44. The molecule has 0 aliphatic heterocycles. The smallest absolute Gasteiger partial charge is 0.315 e. The fraction of sp³-hybridized carbons (Fsp3) is 0.333. The van der Waals surface area contributed by atoms with Crippen LogP contribution in [-0.2, 0) is 11.3 Å². The van der Waals surface area contributed by atoms with E-state index in [0.717, 1.165) is 33.7 Å². The van der Waals surface area contributed by atoms with Gasteiger partial charge in [-0.15, -0.1) is 0 Å². The molecule has 0 aliphatic rings. The highest BCUT2D eigenvalue weighted by Gasteiger charge is 2.10. The fourth-order valence-corrected chi connectivity index (χ4v) is 2.88. The van der Waals surface area contributed by atoms with Crippen LogP contribution >= 0.6 is 0 Å². The minimum Gasteiger partial charge on any atom is -0.494 e. The molecule has 0 fully saturated rings. The van der Waals surface area contributed by atoms with Gasteiger partial charge in [0.05, 0.1) is 13.2 Å². The van der Waals surface area contributed by atoms with E-state index in [1.807, 2.05) is 64.1 Å². The van der Waals surface area contributed by atoms with Gasteiger partial charge in [-0.2, -0.15) is 0 Å². The Bertz CT molecular complexity index is 795. The van der Waals surface area contributed by atoms with Crippen molar-refractivity contribution in [1.82, 2.24) is 10.6 Å². The molecule has 0 heterocycles. The number of nitrogens with one attached hydrogen (secondary N) is 3. The van der Waals surface area contributed by atoms with Crippen molar-refractivity contribution in [2.24, 2.45) is 0 Å². The summed E-state index contributed by atoms with van der Waals surface area (Å²) in [6.07, 6.45) is 0. The van der Waals surface area contributed by atoms with Crippen molar-refractivity contribution in [1.29, 1.82) is 0 Å². The molecule has 0 aliphatic carbocycles. The third-order valence-corrected chi connectivity index (χ3v) is 4.01. The highest BCUT2D eigenvalue weighted by molar-refractivity contribution is 5.95. The van der Waals surface area contributed by atoms with Gasteiger partial charge < -0.3 is 20.7 Å². The topological polar surface area (TPSA) is 79.5 Å². The Morgan fingerprint density at radius 1 is 1.00 bits per heavy atom. The zero-order valence-corrected chi connectivity index (χ0v) is 16.3. The van der Waals surface area contributed by atoms with Gasteiger partial charge in [-0.3, -0.25) is 4.79 Å². The second-order valence-corrected chi connectivity index (χ2v) is 6.44. The average Bonchev–Trinajstić information content (AvgIpc) is 2.62. The molecule has 2 aromatic rings. The first kappa shape index (κ1) is 20.3. The number of carbonyl (C=O) groups is 2.